The Morgan fingerprint density at radius 2 is 1.37 bits per heavy atom. The van der Waals surface area contributed by atoms with Crippen molar-refractivity contribution in [2.45, 2.75) is 50.1 Å². The van der Waals surface area contributed by atoms with Crippen molar-refractivity contribution < 1.29 is 35.9 Å². The smallest absolute Gasteiger partial charge is 0.347 e. The second kappa shape index (κ2) is 12.8. The summed E-state index contributed by atoms with van der Waals surface area (Å²) < 4.78 is 80.0. The number of alkyl halides is 6. The highest BCUT2D eigenvalue weighted by molar-refractivity contribution is 5.83. The first-order valence-corrected chi connectivity index (χ1v) is 13.9. The lowest BCUT2D eigenvalue weighted by Crippen LogP contribution is -2.54. The van der Waals surface area contributed by atoms with Crippen molar-refractivity contribution in [1.82, 2.24) is 15.1 Å². The van der Waals surface area contributed by atoms with Crippen molar-refractivity contribution in [2.75, 3.05) is 26.7 Å². The summed E-state index contributed by atoms with van der Waals surface area (Å²) in [7, 11) is 1.49. The molecule has 1 N–H and O–H groups in total. The van der Waals surface area contributed by atoms with Crippen molar-refractivity contribution in [1.29, 1.82) is 0 Å². The molecule has 1 aliphatic rings. The quantitative estimate of drug-likeness (QED) is 0.295. The van der Waals surface area contributed by atoms with Crippen molar-refractivity contribution >= 4 is 11.8 Å². The molecule has 4 rings (SSSR count). The van der Waals surface area contributed by atoms with E-state index < -0.39 is 35.1 Å². The number of carbonyl (C=O) groups excluding carboxylic acids is 2. The molecule has 0 saturated carbocycles. The summed E-state index contributed by atoms with van der Waals surface area (Å²) in [6.07, 6.45) is -9.04. The summed E-state index contributed by atoms with van der Waals surface area (Å²) in [5.74, 6) is -0.503. The zero-order chi connectivity index (χ0) is 31.4. The summed E-state index contributed by atoms with van der Waals surface area (Å²) in [4.78, 5) is 29.4. The van der Waals surface area contributed by atoms with E-state index in [0.717, 1.165) is 5.56 Å². The van der Waals surface area contributed by atoms with E-state index in [9.17, 15) is 35.9 Å². The van der Waals surface area contributed by atoms with Gasteiger partial charge in [-0.2, -0.15) is 26.3 Å². The third-order valence-corrected chi connectivity index (χ3v) is 7.87. The average Bonchev–Trinajstić information content (AvgIpc) is 2.96. The van der Waals surface area contributed by atoms with Crippen LogP contribution in [0.4, 0.5) is 26.3 Å². The summed E-state index contributed by atoms with van der Waals surface area (Å²) >= 11 is 0. The Kier molecular flexibility index (Phi) is 9.54. The maximum absolute atomic E-state index is 13.9. The molecule has 43 heavy (non-hydrogen) atoms. The molecule has 0 radical (unpaired) electrons. The zero-order valence-corrected chi connectivity index (χ0v) is 23.8. The molecule has 1 atom stereocenters. The Bertz CT molecular complexity index is 1370. The number of amides is 2. The molecule has 1 heterocycles. The van der Waals surface area contributed by atoms with E-state index in [0.29, 0.717) is 43.6 Å². The summed E-state index contributed by atoms with van der Waals surface area (Å²) in [5.41, 5.74) is -1.88. The van der Waals surface area contributed by atoms with Crippen LogP contribution in [0.1, 0.15) is 53.6 Å². The van der Waals surface area contributed by atoms with Crippen LogP contribution >= 0.6 is 0 Å². The average molecular weight is 606 g/mol. The SMILES string of the molecule is CC(=O)NC1(c2ccccc2)CCN(C(C(=O)N(C)CCc2cc(C(F)(F)F)cc(C(F)(F)F)c2)c2ccccc2)CC1. The van der Waals surface area contributed by atoms with Crippen LogP contribution < -0.4 is 5.32 Å². The molecule has 1 aliphatic heterocycles. The van der Waals surface area contributed by atoms with Crippen molar-refractivity contribution in [3.05, 3.63) is 107 Å². The number of nitrogens with one attached hydrogen (secondary N) is 1. The highest BCUT2D eigenvalue weighted by atomic mass is 19.4. The molecule has 3 aromatic carbocycles. The van der Waals surface area contributed by atoms with Gasteiger partial charge in [0.15, 0.2) is 0 Å². The first kappa shape index (κ1) is 32.1. The molecule has 0 spiro atoms. The van der Waals surface area contributed by atoms with E-state index in [1.165, 1.54) is 18.9 Å². The fourth-order valence-electron chi connectivity index (χ4n) is 5.67. The van der Waals surface area contributed by atoms with E-state index in [4.69, 9.17) is 0 Å². The van der Waals surface area contributed by atoms with E-state index in [2.05, 4.69) is 5.32 Å². The van der Waals surface area contributed by atoms with E-state index in [-0.39, 0.29) is 36.4 Å². The van der Waals surface area contributed by atoms with E-state index >= 15 is 0 Å². The van der Waals surface area contributed by atoms with E-state index in [1.54, 1.807) is 12.1 Å². The monoisotopic (exact) mass is 605 g/mol. The number of likely N-dealkylation sites (tertiary alicyclic amines) is 1. The van der Waals surface area contributed by atoms with Gasteiger partial charge >= 0.3 is 12.4 Å². The van der Waals surface area contributed by atoms with Crippen LogP contribution in [-0.2, 0) is 33.9 Å². The number of hydrogen-bond donors (Lipinski definition) is 1. The molecule has 230 valence electrons. The van der Waals surface area contributed by atoms with Crippen LogP contribution in [0, 0.1) is 0 Å². The Labute approximate surface area is 246 Å². The van der Waals surface area contributed by atoms with Crippen molar-refractivity contribution in [2.24, 2.45) is 0 Å². The number of rotatable bonds is 8. The first-order valence-electron chi connectivity index (χ1n) is 13.9. The predicted octanol–water partition coefficient (Wildman–Crippen LogP) is 6.59. The molecule has 0 bridgehead atoms. The molecule has 3 aromatic rings. The third-order valence-electron chi connectivity index (χ3n) is 7.87. The summed E-state index contributed by atoms with van der Waals surface area (Å²) in [6, 6.07) is 19.4. The van der Waals surface area contributed by atoms with Gasteiger partial charge in [0.2, 0.25) is 11.8 Å². The highest BCUT2D eigenvalue weighted by Gasteiger charge is 2.41. The Balaban J connectivity index is 1.55. The second-order valence-electron chi connectivity index (χ2n) is 10.9. The molecule has 1 fully saturated rings. The maximum Gasteiger partial charge on any atom is 0.416 e. The lowest BCUT2D eigenvalue weighted by Gasteiger charge is -2.45. The second-order valence-corrected chi connectivity index (χ2v) is 10.9. The van der Waals surface area contributed by atoms with Crippen LogP contribution in [0.2, 0.25) is 0 Å². The van der Waals surface area contributed by atoms with Gasteiger partial charge in [0, 0.05) is 33.6 Å². The van der Waals surface area contributed by atoms with Gasteiger partial charge in [-0.3, -0.25) is 14.5 Å². The molecule has 0 aromatic heterocycles. The van der Waals surface area contributed by atoms with Gasteiger partial charge < -0.3 is 10.2 Å². The molecular formula is C32H33F6N3O2. The molecule has 11 heteroatoms. The fourth-order valence-corrected chi connectivity index (χ4v) is 5.67. The van der Waals surface area contributed by atoms with Gasteiger partial charge in [0.25, 0.3) is 0 Å². The summed E-state index contributed by atoms with van der Waals surface area (Å²) in [5, 5.41) is 3.11. The molecule has 1 unspecified atom stereocenters. The lowest BCUT2D eigenvalue weighted by atomic mass is 9.80. The minimum Gasteiger partial charge on any atom is -0.347 e. The highest BCUT2D eigenvalue weighted by Crippen LogP contribution is 2.38. The maximum atomic E-state index is 13.9. The number of likely N-dealkylation sites (N-methyl/N-ethyl adjacent to an activating group) is 1. The van der Waals surface area contributed by atoms with Crippen LogP contribution in [0.25, 0.3) is 0 Å². The standard InChI is InChI=1S/C32H33F6N3O2/c1-22(42)39-30(25-11-7-4-8-12-25)14-17-41(18-15-30)28(24-9-5-3-6-10-24)29(43)40(2)16-13-23-19-26(31(33,34)35)21-27(20-23)32(36,37)38/h3-12,19-21,28H,13-18H2,1-2H3,(H,39,42). The van der Waals surface area contributed by atoms with Crippen LogP contribution in [0.15, 0.2) is 78.9 Å². The van der Waals surface area contributed by atoms with Gasteiger partial charge in [0.05, 0.1) is 16.7 Å². The van der Waals surface area contributed by atoms with Crippen LogP contribution in [0.3, 0.4) is 0 Å². The third kappa shape index (κ3) is 7.76. The number of carbonyl (C=O) groups is 2. The predicted molar refractivity (Wildman–Crippen MR) is 150 cm³/mol. The number of piperidine rings is 1. The topological polar surface area (TPSA) is 52.7 Å². The molecule has 0 aliphatic carbocycles. The summed E-state index contributed by atoms with van der Waals surface area (Å²) in [6.45, 7) is 2.28. The fraction of sp³-hybridized carbons (Fsp3) is 0.375. The van der Waals surface area contributed by atoms with Crippen LogP contribution in [-0.4, -0.2) is 48.3 Å². The van der Waals surface area contributed by atoms with Gasteiger partial charge in [-0.25, -0.2) is 0 Å². The Morgan fingerprint density at radius 1 is 0.860 bits per heavy atom. The molecule has 1 saturated heterocycles. The Hall–Kier alpha value is -3.86. The minimum atomic E-state index is -4.95. The normalized spacial score (nSPS) is 16.4. The van der Waals surface area contributed by atoms with Gasteiger partial charge in [0.1, 0.15) is 6.04 Å². The minimum absolute atomic E-state index is 0.0888. The first-order chi connectivity index (χ1) is 20.2. The number of hydrogen-bond acceptors (Lipinski definition) is 3. The largest absolute Gasteiger partial charge is 0.416 e. The Morgan fingerprint density at radius 3 is 1.86 bits per heavy atom. The van der Waals surface area contributed by atoms with E-state index in [1.807, 2.05) is 53.4 Å². The lowest BCUT2D eigenvalue weighted by molar-refractivity contribution is -0.143. The molecule has 2 amide bonds. The van der Waals surface area contributed by atoms with Crippen molar-refractivity contribution in [3.8, 4) is 0 Å². The van der Waals surface area contributed by atoms with Crippen LogP contribution in [0.5, 0.6) is 0 Å². The number of halogens is 6. The molecular weight excluding hydrogens is 572 g/mol. The van der Waals surface area contributed by atoms with Gasteiger partial charge in [-0.15, -0.1) is 0 Å². The molecule has 5 nitrogen and oxygen atoms in total. The van der Waals surface area contributed by atoms with Gasteiger partial charge in [-0.05, 0) is 54.2 Å². The number of nitrogens with zero attached hydrogens (tertiary/aromatic N) is 2. The van der Waals surface area contributed by atoms with Gasteiger partial charge in [-0.1, -0.05) is 60.7 Å². The zero-order valence-electron chi connectivity index (χ0n) is 23.8. The number of benzene rings is 3. The van der Waals surface area contributed by atoms with Crippen molar-refractivity contribution in [3.63, 3.8) is 0 Å².